The van der Waals surface area contributed by atoms with Crippen LogP contribution in [0.15, 0.2) is 47.4 Å². The van der Waals surface area contributed by atoms with Crippen LogP contribution in [0.5, 0.6) is 0 Å². The normalized spacial score (nSPS) is 11.4. The number of carbonyl (C=O) groups is 1. The first-order valence-corrected chi connectivity index (χ1v) is 9.88. The fourth-order valence-electron chi connectivity index (χ4n) is 2.22. The fraction of sp³-hybridized carbons (Fsp3) is 0.278. The molecule has 0 heterocycles. The van der Waals surface area contributed by atoms with Crippen molar-refractivity contribution in [2.45, 2.75) is 11.8 Å². The molecule has 0 aromatic heterocycles. The van der Waals surface area contributed by atoms with Crippen LogP contribution in [0.3, 0.4) is 0 Å². The number of sulfonamides is 1. The number of anilines is 1. The van der Waals surface area contributed by atoms with Gasteiger partial charge in [-0.15, -0.1) is 0 Å². The van der Waals surface area contributed by atoms with E-state index < -0.39 is 10.0 Å². The number of hydrogen-bond acceptors (Lipinski definition) is 4. The molecule has 0 saturated carbocycles. The minimum absolute atomic E-state index is 0.0112. The van der Waals surface area contributed by atoms with Crippen LogP contribution in [-0.2, 0) is 10.0 Å². The molecule has 2 aromatic rings. The molecule has 0 radical (unpaired) electrons. The lowest BCUT2D eigenvalue weighted by Crippen LogP contribution is -2.31. The number of nitrogens with zero attached hydrogens (tertiary/aromatic N) is 1. The smallest absolute Gasteiger partial charge is 0.261 e. The first-order chi connectivity index (χ1) is 12.2. The van der Waals surface area contributed by atoms with Crippen molar-refractivity contribution in [3.63, 3.8) is 0 Å². The molecule has 6 nitrogen and oxygen atoms in total. The summed E-state index contributed by atoms with van der Waals surface area (Å²) in [6.45, 7) is 2.90. The molecule has 0 aliphatic carbocycles. The van der Waals surface area contributed by atoms with E-state index in [1.165, 1.54) is 12.1 Å². The Hall–Kier alpha value is -2.09. The van der Waals surface area contributed by atoms with Gasteiger partial charge in [0, 0.05) is 23.7 Å². The second-order valence-corrected chi connectivity index (χ2v) is 8.19. The third-order valence-corrected chi connectivity index (χ3v) is 5.54. The number of benzene rings is 2. The minimum Gasteiger partial charge on any atom is -0.351 e. The van der Waals surface area contributed by atoms with E-state index in [-0.39, 0.29) is 16.4 Å². The van der Waals surface area contributed by atoms with E-state index in [9.17, 15) is 13.2 Å². The molecular weight excluding hydrogens is 374 g/mol. The number of likely N-dealkylation sites (N-methyl/N-ethyl adjacent to an activating group) is 1. The van der Waals surface area contributed by atoms with Crippen molar-refractivity contribution in [1.29, 1.82) is 0 Å². The van der Waals surface area contributed by atoms with Gasteiger partial charge >= 0.3 is 0 Å². The summed E-state index contributed by atoms with van der Waals surface area (Å²) in [5.74, 6) is -0.317. The van der Waals surface area contributed by atoms with Gasteiger partial charge in [-0.2, -0.15) is 0 Å². The van der Waals surface area contributed by atoms with Gasteiger partial charge in [0.25, 0.3) is 15.9 Å². The summed E-state index contributed by atoms with van der Waals surface area (Å²) in [5, 5.41) is 3.23. The summed E-state index contributed by atoms with van der Waals surface area (Å²) in [6, 6.07) is 10.9. The first-order valence-electron chi connectivity index (χ1n) is 8.01. The van der Waals surface area contributed by atoms with Crippen LogP contribution in [0.4, 0.5) is 5.69 Å². The molecule has 2 aromatic carbocycles. The summed E-state index contributed by atoms with van der Waals surface area (Å²) < 4.78 is 27.8. The Bertz CT molecular complexity index is 898. The van der Waals surface area contributed by atoms with Gasteiger partial charge in [-0.25, -0.2) is 8.42 Å². The van der Waals surface area contributed by atoms with Crippen LogP contribution in [0.2, 0.25) is 5.02 Å². The zero-order chi connectivity index (χ0) is 19.3. The molecule has 0 atom stereocenters. The van der Waals surface area contributed by atoms with Crippen molar-refractivity contribution in [2.24, 2.45) is 0 Å². The van der Waals surface area contributed by atoms with Crippen LogP contribution >= 0.6 is 11.6 Å². The molecule has 1 amide bonds. The fourth-order valence-corrected chi connectivity index (χ4v) is 3.56. The van der Waals surface area contributed by atoms with Crippen molar-refractivity contribution in [1.82, 2.24) is 10.2 Å². The van der Waals surface area contributed by atoms with Crippen LogP contribution in [0, 0.1) is 6.92 Å². The summed E-state index contributed by atoms with van der Waals surface area (Å²) in [4.78, 5) is 14.2. The van der Waals surface area contributed by atoms with Crippen LogP contribution in [-0.4, -0.2) is 46.4 Å². The van der Waals surface area contributed by atoms with Crippen LogP contribution < -0.4 is 10.0 Å². The molecule has 8 heteroatoms. The van der Waals surface area contributed by atoms with E-state index in [4.69, 9.17) is 11.6 Å². The number of rotatable bonds is 7. The predicted molar refractivity (Wildman–Crippen MR) is 104 cm³/mol. The predicted octanol–water partition coefficient (Wildman–Crippen LogP) is 2.74. The molecule has 0 bridgehead atoms. The van der Waals surface area contributed by atoms with Crippen molar-refractivity contribution < 1.29 is 13.2 Å². The molecule has 0 spiro atoms. The minimum atomic E-state index is -3.84. The molecule has 0 saturated heterocycles. The first kappa shape index (κ1) is 20.2. The zero-order valence-corrected chi connectivity index (χ0v) is 16.5. The molecule has 140 valence electrons. The van der Waals surface area contributed by atoms with E-state index in [0.29, 0.717) is 29.4 Å². The molecular formula is C18H22ClN3O3S. The Labute approximate surface area is 159 Å². The number of hydrogen-bond donors (Lipinski definition) is 2. The van der Waals surface area contributed by atoms with Crippen molar-refractivity contribution in [3.8, 4) is 0 Å². The molecule has 0 unspecified atom stereocenters. The third-order valence-electron chi connectivity index (χ3n) is 3.76. The Balaban J connectivity index is 2.20. The SMILES string of the molecule is Cc1c(Cl)cccc1NS(=O)(=O)c1cccc(C(=O)NCCN(C)C)c1. The number of amides is 1. The number of nitrogens with one attached hydrogen (secondary N) is 2. The van der Waals surface area contributed by atoms with Gasteiger partial charge in [0.05, 0.1) is 10.6 Å². The van der Waals surface area contributed by atoms with E-state index in [1.54, 1.807) is 37.3 Å². The topological polar surface area (TPSA) is 78.5 Å². The van der Waals surface area contributed by atoms with Crippen molar-refractivity contribution in [2.75, 3.05) is 31.9 Å². The molecule has 2 rings (SSSR count). The van der Waals surface area contributed by atoms with Crippen molar-refractivity contribution in [3.05, 3.63) is 58.6 Å². The van der Waals surface area contributed by atoms with Crippen LogP contribution in [0.25, 0.3) is 0 Å². The van der Waals surface area contributed by atoms with E-state index in [2.05, 4.69) is 10.0 Å². The van der Waals surface area contributed by atoms with Gasteiger partial charge in [0.1, 0.15) is 0 Å². The Kier molecular flexibility index (Phi) is 6.63. The van der Waals surface area contributed by atoms with Gasteiger partial charge in [-0.1, -0.05) is 23.7 Å². The second-order valence-electron chi connectivity index (χ2n) is 6.10. The molecule has 2 N–H and O–H groups in total. The lowest BCUT2D eigenvalue weighted by molar-refractivity contribution is 0.0951. The standard InChI is InChI=1S/C18H22ClN3O3S/c1-13-16(19)8-5-9-17(13)21-26(24,25)15-7-4-6-14(12-15)18(23)20-10-11-22(2)3/h4-9,12,21H,10-11H2,1-3H3,(H,20,23). The largest absolute Gasteiger partial charge is 0.351 e. The highest BCUT2D eigenvalue weighted by Gasteiger charge is 2.18. The monoisotopic (exact) mass is 395 g/mol. The van der Waals surface area contributed by atoms with Gasteiger partial charge in [0.15, 0.2) is 0 Å². The molecule has 0 aliphatic rings. The average molecular weight is 396 g/mol. The molecule has 0 fully saturated rings. The van der Waals surface area contributed by atoms with E-state index in [0.717, 1.165) is 0 Å². The Morgan fingerprint density at radius 3 is 2.54 bits per heavy atom. The maximum absolute atomic E-state index is 12.7. The third kappa shape index (κ3) is 5.20. The van der Waals surface area contributed by atoms with E-state index >= 15 is 0 Å². The van der Waals surface area contributed by atoms with E-state index in [1.807, 2.05) is 19.0 Å². The number of carbonyl (C=O) groups excluding carboxylic acids is 1. The van der Waals surface area contributed by atoms with Gasteiger partial charge in [-0.3, -0.25) is 9.52 Å². The van der Waals surface area contributed by atoms with Crippen LogP contribution in [0.1, 0.15) is 15.9 Å². The van der Waals surface area contributed by atoms with Gasteiger partial charge in [-0.05, 0) is 56.9 Å². The highest BCUT2D eigenvalue weighted by atomic mass is 35.5. The highest BCUT2D eigenvalue weighted by molar-refractivity contribution is 7.92. The summed E-state index contributed by atoms with van der Waals surface area (Å²) in [5.41, 5.74) is 1.32. The Morgan fingerprint density at radius 1 is 1.15 bits per heavy atom. The maximum Gasteiger partial charge on any atom is 0.261 e. The Morgan fingerprint density at radius 2 is 1.85 bits per heavy atom. The van der Waals surface area contributed by atoms with Crippen molar-refractivity contribution >= 4 is 33.2 Å². The molecule has 0 aliphatic heterocycles. The highest BCUT2D eigenvalue weighted by Crippen LogP contribution is 2.25. The van der Waals surface area contributed by atoms with Gasteiger partial charge in [0.2, 0.25) is 0 Å². The maximum atomic E-state index is 12.7. The molecule has 26 heavy (non-hydrogen) atoms. The lowest BCUT2D eigenvalue weighted by atomic mass is 10.2. The quantitative estimate of drug-likeness (QED) is 0.755. The summed E-state index contributed by atoms with van der Waals surface area (Å²) >= 11 is 6.03. The lowest BCUT2D eigenvalue weighted by Gasteiger charge is -2.13. The van der Waals surface area contributed by atoms with Gasteiger partial charge < -0.3 is 10.2 Å². The average Bonchev–Trinajstić information content (AvgIpc) is 2.58. The second kappa shape index (κ2) is 8.53. The number of halogens is 1. The summed E-state index contributed by atoms with van der Waals surface area (Å²) in [7, 11) is -0.0282. The summed E-state index contributed by atoms with van der Waals surface area (Å²) in [6.07, 6.45) is 0. The zero-order valence-electron chi connectivity index (χ0n) is 14.9.